The van der Waals surface area contributed by atoms with E-state index in [0.29, 0.717) is 51.9 Å². The van der Waals surface area contributed by atoms with Crippen LogP contribution in [0.4, 0.5) is 4.79 Å². The molecule has 4 rings (SSSR count). The molecule has 2 saturated heterocycles. The number of nitrogens with zero attached hydrogens (tertiary/aromatic N) is 3. The first-order valence-corrected chi connectivity index (χ1v) is 17.4. The third-order valence-electron chi connectivity index (χ3n) is 7.70. The van der Waals surface area contributed by atoms with Gasteiger partial charge >= 0.3 is 6.09 Å². The first-order chi connectivity index (χ1) is 19.6. The fraction of sp³-hybridized carbons (Fsp3) is 0.643. The van der Waals surface area contributed by atoms with E-state index >= 15 is 0 Å². The molecule has 0 bridgehead atoms. The summed E-state index contributed by atoms with van der Waals surface area (Å²) in [5.41, 5.74) is 0.510. The van der Waals surface area contributed by atoms with Gasteiger partial charge in [-0.05, 0) is 85.0 Å². The van der Waals surface area contributed by atoms with Gasteiger partial charge in [0.2, 0.25) is 26.0 Å². The molecule has 1 unspecified atom stereocenters. The van der Waals surface area contributed by atoms with E-state index in [9.17, 15) is 26.4 Å². The van der Waals surface area contributed by atoms with Gasteiger partial charge in [0.05, 0.1) is 10.5 Å². The number of benzene rings is 1. The van der Waals surface area contributed by atoms with Gasteiger partial charge in [0.25, 0.3) is 0 Å². The van der Waals surface area contributed by atoms with E-state index in [0.717, 1.165) is 10.9 Å². The van der Waals surface area contributed by atoms with Gasteiger partial charge < -0.3 is 19.1 Å². The van der Waals surface area contributed by atoms with Gasteiger partial charge in [-0.3, -0.25) is 4.79 Å². The molecule has 236 valence electrons. The van der Waals surface area contributed by atoms with Gasteiger partial charge in [0, 0.05) is 37.9 Å². The number of amides is 2. The van der Waals surface area contributed by atoms with Crippen LogP contribution in [0, 0.1) is 0 Å². The lowest BCUT2D eigenvalue weighted by Crippen LogP contribution is -2.46. The number of aromatic nitrogens is 1. The van der Waals surface area contributed by atoms with Gasteiger partial charge in [-0.25, -0.2) is 31.1 Å². The lowest BCUT2D eigenvalue weighted by Gasteiger charge is -2.33. The molecule has 0 saturated carbocycles. The Balaban J connectivity index is 0.000000241. The third kappa shape index (κ3) is 8.45. The Morgan fingerprint density at radius 2 is 1.31 bits per heavy atom. The highest BCUT2D eigenvalue weighted by Crippen LogP contribution is 2.24. The zero-order valence-electron chi connectivity index (χ0n) is 25.4. The second-order valence-electron chi connectivity index (χ2n) is 11.6. The van der Waals surface area contributed by atoms with Crippen LogP contribution in [0.1, 0.15) is 59.4 Å². The number of piperidine rings is 2. The standard InChI is InChI=1S/C17H23N3O3S.C11H22N2O4S/c1-13(20-12-7-14-5-3-4-6-16(14)20)17(21)19-10-8-15(9-11-19)24(22,23)18-2;1-11(2,3)17-10(14)13-7-5-9(6-8-13)18(15,16)12-4/h3-7,12-13,15,18H,8-11H2,1-2H3;9,12H,5-8H2,1-4H3. The molecule has 14 heteroatoms. The maximum Gasteiger partial charge on any atom is 0.410 e. The maximum absolute atomic E-state index is 12.8. The minimum Gasteiger partial charge on any atom is -0.444 e. The summed E-state index contributed by atoms with van der Waals surface area (Å²) in [7, 11) is -3.64. The van der Waals surface area contributed by atoms with Crippen molar-refractivity contribution < 1.29 is 31.2 Å². The van der Waals surface area contributed by atoms with E-state index in [1.165, 1.54) is 14.1 Å². The van der Waals surface area contributed by atoms with Crippen LogP contribution in [0.5, 0.6) is 0 Å². The van der Waals surface area contributed by atoms with Crippen molar-refractivity contribution >= 4 is 42.9 Å². The van der Waals surface area contributed by atoms with Crippen LogP contribution in [0.3, 0.4) is 0 Å². The van der Waals surface area contributed by atoms with Crippen molar-refractivity contribution in [2.45, 2.75) is 75.5 Å². The Kier molecular flexibility index (Phi) is 11.1. The molecule has 2 aliphatic rings. The summed E-state index contributed by atoms with van der Waals surface area (Å²) in [6.45, 7) is 9.11. The summed E-state index contributed by atoms with van der Waals surface area (Å²) in [4.78, 5) is 27.9. The van der Waals surface area contributed by atoms with E-state index in [2.05, 4.69) is 9.44 Å². The lowest BCUT2D eigenvalue weighted by atomic mass is 10.1. The van der Waals surface area contributed by atoms with Crippen molar-refractivity contribution in [2.24, 2.45) is 0 Å². The van der Waals surface area contributed by atoms with E-state index < -0.39 is 36.1 Å². The molecule has 1 aromatic heterocycles. The minimum absolute atomic E-state index is 0.0386. The van der Waals surface area contributed by atoms with Crippen molar-refractivity contribution in [3.63, 3.8) is 0 Å². The highest BCUT2D eigenvalue weighted by molar-refractivity contribution is 7.90. The van der Waals surface area contributed by atoms with Crippen LogP contribution >= 0.6 is 0 Å². The monoisotopic (exact) mass is 627 g/mol. The molecule has 2 aliphatic heterocycles. The molecule has 0 spiro atoms. The van der Waals surface area contributed by atoms with Crippen LogP contribution < -0.4 is 9.44 Å². The van der Waals surface area contributed by atoms with Crippen molar-refractivity contribution in [1.29, 1.82) is 0 Å². The molecule has 2 amide bonds. The van der Waals surface area contributed by atoms with E-state index in [4.69, 9.17) is 4.74 Å². The normalized spacial score (nSPS) is 18.3. The van der Waals surface area contributed by atoms with Crippen LogP contribution in [0.25, 0.3) is 10.9 Å². The van der Waals surface area contributed by atoms with Gasteiger partial charge in [-0.1, -0.05) is 18.2 Å². The average molecular weight is 628 g/mol. The second kappa shape index (κ2) is 13.7. The number of hydrogen-bond acceptors (Lipinski definition) is 7. The molecule has 42 heavy (non-hydrogen) atoms. The second-order valence-corrected chi connectivity index (χ2v) is 16.0. The third-order valence-corrected chi connectivity index (χ3v) is 11.5. The summed E-state index contributed by atoms with van der Waals surface area (Å²) >= 11 is 0. The van der Waals surface area contributed by atoms with Crippen LogP contribution in [0.2, 0.25) is 0 Å². The van der Waals surface area contributed by atoms with Crippen molar-refractivity contribution in [3.8, 4) is 0 Å². The van der Waals surface area contributed by atoms with Crippen LogP contribution in [-0.2, 0) is 29.6 Å². The highest BCUT2D eigenvalue weighted by atomic mass is 32.2. The number of para-hydroxylation sites is 1. The number of likely N-dealkylation sites (tertiary alicyclic amines) is 2. The SMILES string of the molecule is CNS(=O)(=O)C1CCN(C(=O)C(C)n2ccc3ccccc32)CC1.CNS(=O)(=O)C1CCN(C(=O)OC(C)(C)C)CC1. The summed E-state index contributed by atoms with van der Waals surface area (Å²) < 4.78 is 58.9. The van der Waals surface area contributed by atoms with Crippen molar-refractivity contribution in [3.05, 3.63) is 36.5 Å². The Morgan fingerprint density at radius 1 is 0.833 bits per heavy atom. The maximum atomic E-state index is 12.8. The number of fused-ring (bicyclic) bond motifs is 1. The summed E-state index contributed by atoms with van der Waals surface area (Å²) in [5, 5.41) is 0.284. The van der Waals surface area contributed by atoms with Gasteiger partial charge in [-0.2, -0.15) is 0 Å². The fourth-order valence-electron chi connectivity index (χ4n) is 5.22. The number of ether oxygens (including phenoxy) is 1. The number of carbonyl (C=O) groups excluding carboxylic acids is 2. The van der Waals surface area contributed by atoms with E-state index in [1.807, 2.05) is 68.8 Å². The smallest absolute Gasteiger partial charge is 0.410 e. The molecule has 0 aliphatic carbocycles. The van der Waals surface area contributed by atoms with E-state index in [1.54, 1.807) is 9.80 Å². The first kappa shape index (κ1) is 33.8. The van der Waals surface area contributed by atoms with Crippen LogP contribution in [-0.4, -0.2) is 99.6 Å². The topological polar surface area (TPSA) is 147 Å². The average Bonchev–Trinajstić information content (AvgIpc) is 3.40. The van der Waals surface area contributed by atoms with Crippen molar-refractivity contribution in [2.75, 3.05) is 40.3 Å². The van der Waals surface area contributed by atoms with Crippen molar-refractivity contribution in [1.82, 2.24) is 23.8 Å². The van der Waals surface area contributed by atoms with Gasteiger partial charge in [0.15, 0.2) is 0 Å². The molecule has 2 N–H and O–H groups in total. The zero-order chi connectivity index (χ0) is 31.3. The number of hydrogen-bond donors (Lipinski definition) is 2. The molecule has 12 nitrogen and oxygen atoms in total. The fourth-order valence-corrected chi connectivity index (χ4v) is 7.55. The predicted octanol–water partition coefficient (Wildman–Crippen LogP) is 2.68. The minimum atomic E-state index is -3.26. The summed E-state index contributed by atoms with van der Waals surface area (Å²) in [6.07, 6.45) is 3.42. The first-order valence-electron chi connectivity index (χ1n) is 14.3. The van der Waals surface area contributed by atoms with Gasteiger partial charge in [0.1, 0.15) is 11.6 Å². The quantitative estimate of drug-likeness (QED) is 0.501. The molecular formula is C28H45N5O7S2. The molecule has 2 fully saturated rings. The zero-order valence-corrected chi connectivity index (χ0v) is 27.0. The molecule has 3 heterocycles. The number of sulfonamides is 2. The summed E-state index contributed by atoms with van der Waals surface area (Å²) in [5.74, 6) is 0.0386. The number of nitrogens with one attached hydrogen (secondary N) is 2. The highest BCUT2D eigenvalue weighted by Gasteiger charge is 2.33. The van der Waals surface area contributed by atoms with E-state index in [-0.39, 0.29) is 18.0 Å². The Labute approximate surface area is 249 Å². The largest absolute Gasteiger partial charge is 0.444 e. The molecule has 0 radical (unpaired) electrons. The molecule has 1 aromatic carbocycles. The predicted molar refractivity (Wildman–Crippen MR) is 163 cm³/mol. The van der Waals surface area contributed by atoms with Crippen LogP contribution in [0.15, 0.2) is 36.5 Å². The summed E-state index contributed by atoms with van der Waals surface area (Å²) in [6, 6.07) is 9.67. The Bertz CT molecular complexity index is 1430. The Morgan fingerprint density at radius 3 is 1.79 bits per heavy atom. The number of carbonyl (C=O) groups is 2. The molecule has 2 aromatic rings. The lowest BCUT2D eigenvalue weighted by molar-refractivity contribution is -0.135. The number of rotatable bonds is 6. The van der Waals surface area contributed by atoms with Gasteiger partial charge in [-0.15, -0.1) is 0 Å². The molecular weight excluding hydrogens is 582 g/mol. The molecule has 1 atom stereocenters. The Hall–Kier alpha value is -2.68.